The number of nitrogens with one attached hydrogen (secondary N) is 1. The Kier molecular flexibility index (Phi) is 6.95. The minimum Gasteiger partial charge on any atom is -0.389 e. The van der Waals surface area contributed by atoms with Crippen molar-refractivity contribution in [2.24, 2.45) is 5.14 Å². The van der Waals surface area contributed by atoms with Gasteiger partial charge in [0.15, 0.2) is 0 Å². The molecule has 0 radical (unpaired) electrons. The molecule has 0 saturated carbocycles. The van der Waals surface area contributed by atoms with Crippen LogP contribution in [0.25, 0.3) is 0 Å². The molecule has 0 aliphatic carbocycles. The zero-order chi connectivity index (χ0) is 17.6. The summed E-state index contributed by atoms with van der Waals surface area (Å²) in [6.45, 7) is 2.04. The number of carbonyl (C=O) groups excluding carboxylic acids is 1. The average Bonchev–Trinajstić information content (AvgIpc) is 2.46. The molecule has 130 valence electrons. The van der Waals surface area contributed by atoms with Crippen molar-refractivity contribution in [3.63, 3.8) is 0 Å². The molecule has 0 bridgehead atoms. The van der Waals surface area contributed by atoms with Crippen LogP contribution in [0.2, 0.25) is 0 Å². The number of hydrogen-bond acceptors (Lipinski definition) is 5. The topological polar surface area (TPSA) is 122 Å². The number of hydrogen-bond donors (Lipinski definition) is 3. The lowest BCUT2D eigenvalue weighted by molar-refractivity contribution is 0.0488. The van der Waals surface area contributed by atoms with Crippen LogP contribution in [0.4, 0.5) is 4.79 Å². The van der Waals surface area contributed by atoms with Gasteiger partial charge in [0.05, 0.1) is 30.2 Å². The SMILES string of the molecule is COC[C@H](O)CN(C)C(=O)N[C@@H](C)c1ccc(S(N)(=O)=O)cc1. The van der Waals surface area contributed by atoms with Crippen LogP contribution >= 0.6 is 0 Å². The van der Waals surface area contributed by atoms with Crippen molar-refractivity contribution in [2.75, 3.05) is 27.3 Å². The van der Waals surface area contributed by atoms with Gasteiger partial charge in [-0.05, 0) is 24.6 Å². The van der Waals surface area contributed by atoms with E-state index in [1.807, 2.05) is 0 Å². The monoisotopic (exact) mass is 345 g/mol. The van der Waals surface area contributed by atoms with Crippen molar-refractivity contribution in [1.29, 1.82) is 0 Å². The number of methoxy groups -OCH3 is 1. The molecule has 0 fully saturated rings. The summed E-state index contributed by atoms with van der Waals surface area (Å²) in [5.41, 5.74) is 0.733. The van der Waals surface area contributed by atoms with E-state index in [1.165, 1.54) is 24.1 Å². The van der Waals surface area contributed by atoms with Crippen LogP contribution < -0.4 is 10.5 Å². The number of aliphatic hydroxyl groups is 1. The van der Waals surface area contributed by atoms with Crippen molar-refractivity contribution >= 4 is 16.1 Å². The minimum absolute atomic E-state index is 0.0135. The van der Waals surface area contributed by atoms with E-state index in [0.717, 1.165) is 5.56 Å². The second-order valence-electron chi connectivity index (χ2n) is 5.27. The molecule has 1 rings (SSSR count). The lowest BCUT2D eigenvalue weighted by Crippen LogP contribution is -2.43. The number of benzene rings is 1. The van der Waals surface area contributed by atoms with Gasteiger partial charge in [0, 0.05) is 14.2 Å². The average molecular weight is 345 g/mol. The van der Waals surface area contributed by atoms with Gasteiger partial charge in [-0.15, -0.1) is 0 Å². The number of aliphatic hydroxyl groups excluding tert-OH is 1. The van der Waals surface area contributed by atoms with Gasteiger partial charge in [-0.3, -0.25) is 0 Å². The van der Waals surface area contributed by atoms with E-state index in [1.54, 1.807) is 26.1 Å². The number of urea groups is 1. The maximum Gasteiger partial charge on any atom is 0.317 e. The maximum absolute atomic E-state index is 12.0. The summed E-state index contributed by atoms with van der Waals surface area (Å²) < 4.78 is 27.2. The number of amides is 2. The molecule has 2 atom stereocenters. The Bertz CT molecular complexity index is 618. The van der Waals surface area contributed by atoms with Crippen LogP contribution in [0.3, 0.4) is 0 Å². The predicted octanol–water partition coefficient (Wildman–Crippen LogP) is 0.0437. The van der Waals surface area contributed by atoms with Gasteiger partial charge < -0.3 is 20.1 Å². The normalized spacial score (nSPS) is 14.1. The van der Waals surface area contributed by atoms with Crippen molar-refractivity contribution in [1.82, 2.24) is 10.2 Å². The first-order valence-corrected chi connectivity index (χ1v) is 8.51. The van der Waals surface area contributed by atoms with E-state index in [4.69, 9.17) is 9.88 Å². The van der Waals surface area contributed by atoms with Crippen molar-refractivity contribution < 1.29 is 23.1 Å². The molecule has 1 aromatic rings. The molecule has 2 amide bonds. The van der Waals surface area contributed by atoms with Gasteiger partial charge in [0.25, 0.3) is 0 Å². The largest absolute Gasteiger partial charge is 0.389 e. The zero-order valence-electron chi connectivity index (χ0n) is 13.4. The van der Waals surface area contributed by atoms with Crippen LogP contribution in [-0.4, -0.2) is 57.9 Å². The molecule has 0 aliphatic rings. The Morgan fingerprint density at radius 2 is 1.96 bits per heavy atom. The van der Waals surface area contributed by atoms with Gasteiger partial charge in [0.1, 0.15) is 0 Å². The van der Waals surface area contributed by atoms with E-state index in [9.17, 15) is 18.3 Å². The number of sulfonamides is 1. The molecule has 0 aromatic heterocycles. The molecule has 8 nitrogen and oxygen atoms in total. The fourth-order valence-electron chi connectivity index (χ4n) is 1.97. The third-order valence-electron chi connectivity index (χ3n) is 3.24. The zero-order valence-corrected chi connectivity index (χ0v) is 14.2. The summed E-state index contributed by atoms with van der Waals surface area (Å²) in [7, 11) is -0.707. The van der Waals surface area contributed by atoms with Crippen molar-refractivity contribution in [3.8, 4) is 0 Å². The predicted molar refractivity (Wildman–Crippen MR) is 85.3 cm³/mol. The Balaban J connectivity index is 2.64. The molecule has 0 saturated heterocycles. The molecule has 4 N–H and O–H groups in total. The van der Waals surface area contributed by atoms with E-state index >= 15 is 0 Å². The first kappa shape index (κ1) is 19.4. The highest BCUT2D eigenvalue weighted by Gasteiger charge is 2.17. The Hall–Kier alpha value is -1.68. The summed E-state index contributed by atoms with van der Waals surface area (Å²) in [4.78, 5) is 13.4. The number of ether oxygens (including phenoxy) is 1. The van der Waals surface area contributed by atoms with E-state index < -0.39 is 16.1 Å². The summed E-state index contributed by atoms with van der Waals surface area (Å²) in [5.74, 6) is 0. The Labute approximate surface area is 136 Å². The van der Waals surface area contributed by atoms with Gasteiger partial charge in [-0.1, -0.05) is 12.1 Å². The summed E-state index contributed by atoms with van der Waals surface area (Å²) in [6, 6.07) is 5.26. The van der Waals surface area contributed by atoms with Gasteiger partial charge in [-0.25, -0.2) is 18.4 Å². The smallest absolute Gasteiger partial charge is 0.317 e. The quantitative estimate of drug-likeness (QED) is 0.644. The molecule has 1 aromatic carbocycles. The first-order chi connectivity index (χ1) is 10.6. The van der Waals surface area contributed by atoms with E-state index in [0.29, 0.717) is 0 Å². The van der Waals surface area contributed by atoms with Gasteiger partial charge >= 0.3 is 6.03 Å². The van der Waals surface area contributed by atoms with Crippen molar-refractivity contribution in [2.45, 2.75) is 24.0 Å². The summed E-state index contributed by atoms with van der Waals surface area (Å²) in [6.07, 6.45) is -0.764. The molecular formula is C14H23N3O5S. The van der Waals surface area contributed by atoms with E-state index in [2.05, 4.69) is 5.32 Å². The molecule has 0 aliphatic heterocycles. The van der Waals surface area contributed by atoms with Crippen LogP contribution in [0.1, 0.15) is 18.5 Å². The minimum atomic E-state index is -3.74. The fourth-order valence-corrected chi connectivity index (χ4v) is 2.48. The number of rotatable bonds is 7. The number of nitrogens with two attached hydrogens (primary N) is 1. The number of primary sulfonamides is 1. The summed E-state index contributed by atoms with van der Waals surface area (Å²) >= 11 is 0. The third kappa shape index (κ3) is 6.14. The van der Waals surface area contributed by atoms with Crippen LogP contribution in [0, 0.1) is 0 Å². The lowest BCUT2D eigenvalue weighted by atomic mass is 10.1. The molecular weight excluding hydrogens is 322 g/mol. The number of carbonyl (C=O) groups is 1. The highest BCUT2D eigenvalue weighted by Crippen LogP contribution is 2.15. The fraction of sp³-hybridized carbons (Fsp3) is 0.500. The first-order valence-electron chi connectivity index (χ1n) is 6.96. The molecule has 9 heteroatoms. The summed E-state index contributed by atoms with van der Waals surface area (Å²) in [5, 5.41) is 17.4. The third-order valence-corrected chi connectivity index (χ3v) is 4.17. The van der Waals surface area contributed by atoms with Crippen LogP contribution in [0.15, 0.2) is 29.2 Å². The lowest BCUT2D eigenvalue weighted by Gasteiger charge is -2.23. The highest BCUT2D eigenvalue weighted by atomic mass is 32.2. The maximum atomic E-state index is 12.0. The Morgan fingerprint density at radius 3 is 2.43 bits per heavy atom. The van der Waals surface area contributed by atoms with E-state index in [-0.39, 0.29) is 30.1 Å². The molecule has 23 heavy (non-hydrogen) atoms. The van der Waals surface area contributed by atoms with Crippen LogP contribution in [0.5, 0.6) is 0 Å². The van der Waals surface area contributed by atoms with Gasteiger partial charge in [-0.2, -0.15) is 0 Å². The highest BCUT2D eigenvalue weighted by molar-refractivity contribution is 7.89. The van der Waals surface area contributed by atoms with Crippen molar-refractivity contribution in [3.05, 3.63) is 29.8 Å². The molecule has 0 heterocycles. The van der Waals surface area contributed by atoms with Gasteiger partial charge in [0.2, 0.25) is 10.0 Å². The second-order valence-corrected chi connectivity index (χ2v) is 6.84. The second kappa shape index (κ2) is 8.25. The molecule has 0 spiro atoms. The number of nitrogens with zero attached hydrogens (tertiary/aromatic N) is 1. The molecule has 0 unspecified atom stereocenters. The van der Waals surface area contributed by atoms with Crippen LogP contribution in [-0.2, 0) is 14.8 Å². The Morgan fingerprint density at radius 1 is 1.39 bits per heavy atom. The standard InChI is InChI=1S/C14H23N3O5S/c1-10(11-4-6-13(7-5-11)23(15,20)21)16-14(19)17(2)8-12(18)9-22-3/h4-7,10,12,18H,8-9H2,1-3H3,(H,16,19)(H2,15,20,21)/t10-,12+/m0/s1. The number of likely N-dealkylation sites (N-methyl/N-ethyl adjacent to an activating group) is 1.